The first kappa shape index (κ1) is 10.6. The van der Waals surface area contributed by atoms with Crippen molar-refractivity contribution >= 4 is 15.9 Å². The van der Waals surface area contributed by atoms with Crippen LogP contribution in [0.5, 0.6) is 5.75 Å². The Hall–Kier alpha value is -0.500. The van der Waals surface area contributed by atoms with Crippen LogP contribution < -0.4 is 4.74 Å². The zero-order valence-corrected chi connectivity index (χ0v) is 9.94. The predicted octanol–water partition coefficient (Wildman–Crippen LogP) is 3.85. The summed E-state index contributed by atoms with van der Waals surface area (Å²) in [5, 5.41) is 0. The largest absolute Gasteiger partial charge is 0.493 e. The van der Waals surface area contributed by atoms with Crippen molar-refractivity contribution in [2.75, 3.05) is 6.61 Å². The maximum atomic E-state index is 5.65. The lowest BCUT2D eigenvalue weighted by Crippen LogP contribution is -1.99. The molecule has 1 nitrogen and oxygen atoms in total. The second-order valence-electron chi connectivity index (χ2n) is 3.22. The molecule has 0 atom stereocenters. The Kier molecular flexibility index (Phi) is 3.79. The summed E-state index contributed by atoms with van der Waals surface area (Å²) in [6, 6.07) is 4.16. The minimum atomic E-state index is 0.795. The van der Waals surface area contributed by atoms with Gasteiger partial charge in [0.15, 0.2) is 0 Å². The van der Waals surface area contributed by atoms with Gasteiger partial charge in [0.25, 0.3) is 0 Å². The van der Waals surface area contributed by atoms with E-state index in [-0.39, 0.29) is 0 Å². The van der Waals surface area contributed by atoms with Crippen LogP contribution >= 0.6 is 15.9 Å². The van der Waals surface area contributed by atoms with Gasteiger partial charge in [-0.2, -0.15) is 0 Å². The van der Waals surface area contributed by atoms with E-state index in [0.29, 0.717) is 0 Å². The third kappa shape index (κ3) is 2.73. The molecule has 72 valence electrons. The molecule has 0 amide bonds. The Morgan fingerprint density at radius 3 is 2.23 bits per heavy atom. The standard InChI is InChI=1S/C11H15BrO/c1-4-5-13-11-8(2)6-10(12)7-9(11)3/h6-7H,4-5H2,1-3H3. The van der Waals surface area contributed by atoms with Crippen molar-refractivity contribution in [1.82, 2.24) is 0 Å². The zero-order chi connectivity index (χ0) is 9.84. The molecule has 1 rings (SSSR count). The van der Waals surface area contributed by atoms with Gasteiger partial charge < -0.3 is 4.74 Å². The zero-order valence-electron chi connectivity index (χ0n) is 8.36. The van der Waals surface area contributed by atoms with E-state index in [4.69, 9.17) is 4.74 Å². The molecular formula is C11H15BrO. The van der Waals surface area contributed by atoms with Gasteiger partial charge >= 0.3 is 0 Å². The van der Waals surface area contributed by atoms with E-state index in [1.54, 1.807) is 0 Å². The van der Waals surface area contributed by atoms with E-state index < -0.39 is 0 Å². The van der Waals surface area contributed by atoms with Crippen molar-refractivity contribution in [2.24, 2.45) is 0 Å². The van der Waals surface area contributed by atoms with Crippen LogP contribution in [0.3, 0.4) is 0 Å². The van der Waals surface area contributed by atoms with Crippen molar-refractivity contribution in [3.63, 3.8) is 0 Å². The maximum absolute atomic E-state index is 5.65. The van der Waals surface area contributed by atoms with Crippen LogP contribution in [0.1, 0.15) is 24.5 Å². The SMILES string of the molecule is CCCOc1c(C)cc(Br)cc1C. The van der Waals surface area contributed by atoms with Gasteiger partial charge in [0.05, 0.1) is 6.61 Å². The van der Waals surface area contributed by atoms with Gasteiger partial charge in [-0.15, -0.1) is 0 Å². The van der Waals surface area contributed by atoms with Gasteiger partial charge in [0, 0.05) is 4.47 Å². The second-order valence-corrected chi connectivity index (χ2v) is 4.13. The molecule has 0 fully saturated rings. The number of hydrogen-bond acceptors (Lipinski definition) is 1. The Bertz CT molecular complexity index is 271. The minimum absolute atomic E-state index is 0.795. The van der Waals surface area contributed by atoms with Gasteiger partial charge in [0.1, 0.15) is 5.75 Å². The van der Waals surface area contributed by atoms with Crippen LogP contribution in [-0.4, -0.2) is 6.61 Å². The summed E-state index contributed by atoms with van der Waals surface area (Å²) in [7, 11) is 0. The summed E-state index contributed by atoms with van der Waals surface area (Å²) >= 11 is 3.46. The van der Waals surface area contributed by atoms with E-state index in [1.807, 2.05) is 0 Å². The molecule has 1 aromatic rings. The number of hydrogen-bond donors (Lipinski definition) is 0. The molecule has 0 aliphatic rings. The molecular weight excluding hydrogens is 228 g/mol. The number of benzene rings is 1. The fourth-order valence-corrected chi connectivity index (χ4v) is 2.02. The summed E-state index contributed by atoms with van der Waals surface area (Å²) < 4.78 is 6.77. The van der Waals surface area contributed by atoms with E-state index in [9.17, 15) is 0 Å². The van der Waals surface area contributed by atoms with Gasteiger partial charge in [-0.3, -0.25) is 0 Å². The molecule has 2 heteroatoms. The highest BCUT2D eigenvalue weighted by atomic mass is 79.9. The highest BCUT2D eigenvalue weighted by Gasteiger charge is 2.04. The second kappa shape index (κ2) is 4.66. The smallest absolute Gasteiger partial charge is 0.125 e. The fourth-order valence-electron chi connectivity index (χ4n) is 1.33. The van der Waals surface area contributed by atoms with Crippen LogP contribution in [-0.2, 0) is 0 Å². The third-order valence-corrected chi connectivity index (χ3v) is 2.33. The van der Waals surface area contributed by atoms with Crippen LogP contribution in [0.25, 0.3) is 0 Å². The molecule has 1 aromatic carbocycles. The summed E-state index contributed by atoms with van der Waals surface area (Å²) in [6.45, 7) is 7.05. The molecule has 0 aliphatic carbocycles. The Balaban J connectivity index is 2.92. The molecule has 0 radical (unpaired) electrons. The van der Waals surface area contributed by atoms with E-state index in [1.165, 1.54) is 11.1 Å². The predicted molar refractivity (Wildman–Crippen MR) is 59.4 cm³/mol. The minimum Gasteiger partial charge on any atom is -0.493 e. The summed E-state index contributed by atoms with van der Waals surface area (Å²) in [4.78, 5) is 0. The van der Waals surface area contributed by atoms with Crippen LogP contribution in [0.2, 0.25) is 0 Å². The normalized spacial score (nSPS) is 10.2. The first-order valence-electron chi connectivity index (χ1n) is 4.54. The van der Waals surface area contributed by atoms with Crippen molar-refractivity contribution in [3.05, 3.63) is 27.7 Å². The number of halogens is 1. The van der Waals surface area contributed by atoms with Gasteiger partial charge in [-0.25, -0.2) is 0 Å². The molecule has 0 saturated carbocycles. The van der Waals surface area contributed by atoms with E-state index >= 15 is 0 Å². The topological polar surface area (TPSA) is 9.23 Å². The summed E-state index contributed by atoms with van der Waals surface area (Å²) in [5.41, 5.74) is 2.39. The average Bonchev–Trinajstić information content (AvgIpc) is 2.02. The van der Waals surface area contributed by atoms with Gasteiger partial charge in [-0.1, -0.05) is 22.9 Å². The number of ether oxygens (including phenoxy) is 1. The van der Waals surface area contributed by atoms with Crippen molar-refractivity contribution in [3.8, 4) is 5.75 Å². The lowest BCUT2D eigenvalue weighted by Gasteiger charge is -2.11. The number of rotatable bonds is 3. The Labute approximate surface area is 88.2 Å². The molecule has 0 saturated heterocycles. The molecule has 0 heterocycles. The summed E-state index contributed by atoms with van der Waals surface area (Å²) in [5.74, 6) is 1.03. The Morgan fingerprint density at radius 2 is 1.77 bits per heavy atom. The van der Waals surface area contributed by atoms with Crippen molar-refractivity contribution in [2.45, 2.75) is 27.2 Å². The Morgan fingerprint density at radius 1 is 1.23 bits per heavy atom. The first-order chi connectivity index (χ1) is 6.15. The molecule has 0 N–H and O–H groups in total. The van der Waals surface area contributed by atoms with Crippen molar-refractivity contribution in [1.29, 1.82) is 0 Å². The quantitative estimate of drug-likeness (QED) is 0.783. The maximum Gasteiger partial charge on any atom is 0.125 e. The van der Waals surface area contributed by atoms with Crippen molar-refractivity contribution < 1.29 is 4.74 Å². The van der Waals surface area contributed by atoms with E-state index in [0.717, 1.165) is 23.2 Å². The highest BCUT2D eigenvalue weighted by molar-refractivity contribution is 9.10. The lowest BCUT2D eigenvalue weighted by atomic mass is 10.1. The van der Waals surface area contributed by atoms with Crippen LogP contribution in [0.15, 0.2) is 16.6 Å². The van der Waals surface area contributed by atoms with Gasteiger partial charge in [-0.05, 0) is 43.5 Å². The first-order valence-corrected chi connectivity index (χ1v) is 5.34. The third-order valence-electron chi connectivity index (χ3n) is 1.88. The average molecular weight is 243 g/mol. The van der Waals surface area contributed by atoms with Gasteiger partial charge in [0.2, 0.25) is 0 Å². The summed E-state index contributed by atoms with van der Waals surface area (Å²) in [6.07, 6.45) is 1.05. The molecule has 0 aliphatic heterocycles. The molecule has 0 bridgehead atoms. The molecule has 13 heavy (non-hydrogen) atoms. The molecule has 0 aromatic heterocycles. The molecule has 0 spiro atoms. The number of aryl methyl sites for hydroxylation is 2. The fraction of sp³-hybridized carbons (Fsp3) is 0.455. The van der Waals surface area contributed by atoms with Crippen LogP contribution in [0.4, 0.5) is 0 Å². The monoisotopic (exact) mass is 242 g/mol. The van der Waals surface area contributed by atoms with Crippen LogP contribution in [0, 0.1) is 13.8 Å². The molecule has 0 unspecified atom stereocenters. The lowest BCUT2D eigenvalue weighted by molar-refractivity contribution is 0.313. The highest BCUT2D eigenvalue weighted by Crippen LogP contribution is 2.27. The van der Waals surface area contributed by atoms with E-state index in [2.05, 4.69) is 48.8 Å².